The van der Waals surface area contributed by atoms with Gasteiger partial charge in [-0.25, -0.2) is 0 Å². The minimum absolute atomic E-state index is 0.345. The van der Waals surface area contributed by atoms with E-state index in [1.165, 1.54) is 11.1 Å². The van der Waals surface area contributed by atoms with Crippen molar-refractivity contribution in [3.63, 3.8) is 0 Å². The lowest BCUT2D eigenvalue weighted by Crippen LogP contribution is -1.92. The van der Waals surface area contributed by atoms with Crippen LogP contribution in [0, 0.1) is 5.92 Å². The monoisotopic (exact) mass is 270 g/mol. The predicted molar refractivity (Wildman–Crippen MR) is 87.2 cm³/mol. The first-order chi connectivity index (χ1) is 9.49. The first-order valence-electron chi connectivity index (χ1n) is 7.32. The summed E-state index contributed by atoms with van der Waals surface area (Å²) in [5.41, 5.74) is 2.70. The fourth-order valence-corrected chi connectivity index (χ4v) is 1.94. The molecule has 0 aromatic heterocycles. The van der Waals surface area contributed by atoms with Crippen molar-refractivity contribution < 1.29 is 5.11 Å². The van der Waals surface area contributed by atoms with Crippen LogP contribution >= 0.6 is 0 Å². The van der Waals surface area contributed by atoms with E-state index in [9.17, 15) is 0 Å². The summed E-state index contributed by atoms with van der Waals surface area (Å²) >= 11 is 0. The van der Waals surface area contributed by atoms with E-state index in [-0.39, 0.29) is 0 Å². The maximum atomic E-state index is 8.99. The zero-order valence-electron chi connectivity index (χ0n) is 13.0. The van der Waals surface area contributed by atoms with E-state index in [1.54, 1.807) is 12.1 Å². The molecule has 2 aromatic carbocycles. The van der Waals surface area contributed by atoms with Gasteiger partial charge in [-0.1, -0.05) is 70.2 Å². The van der Waals surface area contributed by atoms with Crippen LogP contribution < -0.4 is 0 Å². The van der Waals surface area contributed by atoms with E-state index >= 15 is 0 Å². The lowest BCUT2D eigenvalue weighted by Gasteiger charge is -2.03. The van der Waals surface area contributed by atoms with Gasteiger partial charge >= 0.3 is 0 Å². The van der Waals surface area contributed by atoms with E-state index in [2.05, 4.69) is 52.0 Å². The van der Waals surface area contributed by atoms with Crippen molar-refractivity contribution in [2.45, 2.75) is 40.0 Å². The Morgan fingerprint density at radius 1 is 0.800 bits per heavy atom. The van der Waals surface area contributed by atoms with Gasteiger partial charge < -0.3 is 5.11 Å². The zero-order chi connectivity index (χ0) is 15.0. The average Bonchev–Trinajstić information content (AvgIpc) is 2.43. The molecule has 0 amide bonds. The minimum Gasteiger partial charge on any atom is -0.508 e. The molecule has 1 nitrogen and oxygen atoms in total. The molecule has 0 saturated carbocycles. The fourth-order valence-electron chi connectivity index (χ4n) is 1.94. The first-order valence-corrected chi connectivity index (χ1v) is 7.32. The standard InChI is InChI=1S/C10H14O.C9H12/c1-8(2)7-9-3-5-10(11)6-4-9;1-8(2)9-6-4-3-5-7-9/h3-6,8,11H,7H2,1-2H3;3-8H,1-2H3. The molecule has 0 unspecified atom stereocenters. The average molecular weight is 270 g/mol. The number of hydrogen-bond acceptors (Lipinski definition) is 1. The molecule has 0 saturated heterocycles. The molecule has 0 spiro atoms. The third kappa shape index (κ3) is 6.42. The fraction of sp³-hybridized carbons (Fsp3) is 0.368. The van der Waals surface area contributed by atoms with Crippen molar-refractivity contribution in [3.05, 3.63) is 65.7 Å². The van der Waals surface area contributed by atoms with Gasteiger partial charge in [0.1, 0.15) is 5.75 Å². The second-order valence-corrected chi connectivity index (χ2v) is 5.83. The van der Waals surface area contributed by atoms with Crippen LogP contribution in [0.1, 0.15) is 44.7 Å². The van der Waals surface area contributed by atoms with E-state index < -0.39 is 0 Å². The van der Waals surface area contributed by atoms with Gasteiger partial charge in [0.05, 0.1) is 0 Å². The molecule has 108 valence electrons. The highest BCUT2D eigenvalue weighted by atomic mass is 16.3. The minimum atomic E-state index is 0.345. The van der Waals surface area contributed by atoms with Crippen molar-refractivity contribution in [1.82, 2.24) is 0 Å². The summed E-state index contributed by atoms with van der Waals surface area (Å²) in [6.07, 6.45) is 1.08. The van der Waals surface area contributed by atoms with Gasteiger partial charge in [-0.2, -0.15) is 0 Å². The van der Waals surface area contributed by atoms with Crippen LogP contribution in [-0.4, -0.2) is 5.11 Å². The summed E-state index contributed by atoms with van der Waals surface area (Å²) in [4.78, 5) is 0. The molecule has 0 radical (unpaired) electrons. The van der Waals surface area contributed by atoms with Gasteiger partial charge in [-0.05, 0) is 41.5 Å². The summed E-state index contributed by atoms with van der Waals surface area (Å²) in [5, 5.41) is 8.99. The third-order valence-electron chi connectivity index (χ3n) is 3.05. The summed E-state index contributed by atoms with van der Waals surface area (Å²) in [7, 11) is 0. The summed E-state index contributed by atoms with van der Waals surface area (Å²) < 4.78 is 0. The molecule has 20 heavy (non-hydrogen) atoms. The predicted octanol–water partition coefficient (Wildman–Crippen LogP) is 5.40. The number of phenols is 1. The second-order valence-electron chi connectivity index (χ2n) is 5.83. The molecule has 0 fully saturated rings. The van der Waals surface area contributed by atoms with Gasteiger partial charge in [0.2, 0.25) is 0 Å². The van der Waals surface area contributed by atoms with Gasteiger partial charge in [-0.15, -0.1) is 0 Å². The van der Waals surface area contributed by atoms with Crippen LogP contribution in [0.4, 0.5) is 0 Å². The summed E-state index contributed by atoms with van der Waals surface area (Å²) in [5.74, 6) is 1.68. The maximum absolute atomic E-state index is 8.99. The van der Waals surface area contributed by atoms with Crippen molar-refractivity contribution in [3.8, 4) is 5.75 Å². The van der Waals surface area contributed by atoms with Crippen LogP contribution in [0.3, 0.4) is 0 Å². The lowest BCUT2D eigenvalue weighted by atomic mass is 10.0. The highest BCUT2D eigenvalue weighted by Gasteiger charge is 1.96. The summed E-state index contributed by atoms with van der Waals surface area (Å²) in [6, 6.07) is 17.9. The zero-order valence-corrected chi connectivity index (χ0v) is 13.0. The van der Waals surface area contributed by atoms with E-state index in [0.717, 1.165) is 6.42 Å². The smallest absolute Gasteiger partial charge is 0.115 e. The topological polar surface area (TPSA) is 20.2 Å². The Balaban J connectivity index is 0.000000204. The molecule has 0 aliphatic rings. The maximum Gasteiger partial charge on any atom is 0.115 e. The number of aromatic hydroxyl groups is 1. The molecule has 1 heteroatoms. The van der Waals surface area contributed by atoms with Gasteiger partial charge in [0.15, 0.2) is 0 Å². The Kier molecular flexibility index (Phi) is 6.86. The molecule has 2 rings (SSSR count). The quantitative estimate of drug-likeness (QED) is 0.791. The Morgan fingerprint density at radius 3 is 1.75 bits per heavy atom. The van der Waals surface area contributed by atoms with Crippen molar-refractivity contribution in [2.24, 2.45) is 5.92 Å². The molecule has 1 N–H and O–H groups in total. The van der Waals surface area contributed by atoms with E-state index in [4.69, 9.17) is 5.11 Å². The highest BCUT2D eigenvalue weighted by Crippen LogP contribution is 2.13. The molecule has 2 aromatic rings. The van der Waals surface area contributed by atoms with Crippen LogP contribution in [-0.2, 0) is 6.42 Å². The van der Waals surface area contributed by atoms with Gasteiger partial charge in [0, 0.05) is 0 Å². The van der Waals surface area contributed by atoms with Crippen molar-refractivity contribution >= 4 is 0 Å². The molecule has 0 heterocycles. The highest BCUT2D eigenvalue weighted by molar-refractivity contribution is 5.26. The molecule has 0 aliphatic carbocycles. The van der Waals surface area contributed by atoms with Gasteiger partial charge in [0.25, 0.3) is 0 Å². The second kappa shape index (κ2) is 8.42. The molecular weight excluding hydrogens is 244 g/mol. The molecule has 0 bridgehead atoms. The Labute approximate surface area is 123 Å². The molecular formula is C19H26O. The Hall–Kier alpha value is -1.76. The van der Waals surface area contributed by atoms with Crippen molar-refractivity contribution in [1.29, 1.82) is 0 Å². The SMILES string of the molecule is CC(C)Cc1ccc(O)cc1.CC(C)c1ccccc1. The number of phenolic OH excluding ortho intramolecular Hbond substituents is 1. The van der Waals surface area contributed by atoms with Crippen LogP contribution in [0.15, 0.2) is 54.6 Å². The lowest BCUT2D eigenvalue weighted by molar-refractivity contribution is 0.475. The van der Waals surface area contributed by atoms with Crippen LogP contribution in [0.5, 0.6) is 5.75 Å². The third-order valence-corrected chi connectivity index (χ3v) is 3.05. The molecule has 0 aliphatic heterocycles. The Bertz CT molecular complexity index is 469. The number of benzene rings is 2. The Morgan fingerprint density at radius 2 is 1.35 bits per heavy atom. The van der Waals surface area contributed by atoms with E-state index in [0.29, 0.717) is 17.6 Å². The van der Waals surface area contributed by atoms with Crippen molar-refractivity contribution in [2.75, 3.05) is 0 Å². The summed E-state index contributed by atoms with van der Waals surface area (Å²) in [6.45, 7) is 8.78. The molecule has 0 atom stereocenters. The van der Waals surface area contributed by atoms with Gasteiger partial charge in [-0.3, -0.25) is 0 Å². The van der Waals surface area contributed by atoms with Crippen LogP contribution in [0.25, 0.3) is 0 Å². The van der Waals surface area contributed by atoms with E-state index in [1.807, 2.05) is 18.2 Å². The van der Waals surface area contributed by atoms with Crippen LogP contribution in [0.2, 0.25) is 0 Å². The largest absolute Gasteiger partial charge is 0.508 e. The normalized spacial score (nSPS) is 10.3. The first kappa shape index (κ1) is 16.3. The number of hydrogen-bond donors (Lipinski definition) is 1. The number of rotatable bonds is 3.